The number of halogens is 1. The number of aromatic nitrogens is 3. The Morgan fingerprint density at radius 3 is 2.82 bits per heavy atom. The van der Waals surface area contributed by atoms with E-state index < -0.39 is 5.82 Å². The van der Waals surface area contributed by atoms with Crippen molar-refractivity contribution < 1.29 is 13.6 Å². The highest BCUT2D eigenvalue weighted by Gasteiger charge is 2.17. The molecule has 7 heteroatoms. The molecule has 6 nitrogen and oxygen atoms in total. The second kappa shape index (κ2) is 5.51. The molecule has 22 heavy (non-hydrogen) atoms. The number of para-hydroxylation sites is 1. The second-order valence-electron chi connectivity index (χ2n) is 4.88. The van der Waals surface area contributed by atoms with Gasteiger partial charge in [0.05, 0.1) is 6.54 Å². The molecule has 1 amide bonds. The molecule has 112 valence electrons. The number of fused-ring (bicyclic) bond motifs is 1. The Bertz CT molecular complexity index is 846. The van der Waals surface area contributed by atoms with Gasteiger partial charge in [0.2, 0.25) is 11.8 Å². The Morgan fingerprint density at radius 2 is 2.09 bits per heavy atom. The van der Waals surface area contributed by atoms with Crippen molar-refractivity contribution in [2.45, 2.75) is 13.5 Å². The van der Waals surface area contributed by atoms with Crippen molar-refractivity contribution in [3.8, 4) is 0 Å². The van der Waals surface area contributed by atoms with Gasteiger partial charge in [-0.1, -0.05) is 18.2 Å². The molecule has 1 aromatic carbocycles. The van der Waals surface area contributed by atoms with Crippen LogP contribution in [-0.4, -0.2) is 33.0 Å². The molecule has 0 bridgehead atoms. The first kappa shape index (κ1) is 14.1. The summed E-state index contributed by atoms with van der Waals surface area (Å²) in [6, 6.07) is 7.90. The van der Waals surface area contributed by atoms with Crippen LogP contribution in [0, 0.1) is 12.7 Å². The number of rotatable bonds is 3. The highest BCUT2D eigenvalue weighted by Crippen LogP contribution is 2.17. The minimum Gasteiger partial charge on any atom is -0.424 e. The molecule has 3 rings (SSSR count). The van der Waals surface area contributed by atoms with E-state index in [2.05, 4.69) is 15.2 Å². The number of hydrogen-bond donors (Lipinski definition) is 0. The van der Waals surface area contributed by atoms with Gasteiger partial charge in [0.25, 0.3) is 5.91 Å². The van der Waals surface area contributed by atoms with Crippen molar-refractivity contribution in [3.05, 3.63) is 53.6 Å². The smallest absolute Gasteiger partial charge is 0.272 e. The number of amides is 1. The number of pyridine rings is 1. The number of hydrogen-bond acceptors (Lipinski definition) is 5. The third-order valence-electron chi connectivity index (χ3n) is 3.18. The Hall–Kier alpha value is -2.83. The molecule has 0 radical (unpaired) electrons. The molecule has 0 aliphatic rings. The van der Waals surface area contributed by atoms with Gasteiger partial charge in [-0.2, -0.15) is 0 Å². The quantitative estimate of drug-likeness (QED) is 0.742. The monoisotopic (exact) mass is 300 g/mol. The van der Waals surface area contributed by atoms with E-state index in [9.17, 15) is 9.18 Å². The molecule has 0 fully saturated rings. The zero-order valence-electron chi connectivity index (χ0n) is 12.1. The fourth-order valence-corrected chi connectivity index (χ4v) is 2.10. The molecule has 0 aliphatic heterocycles. The number of aryl methyl sites for hydroxylation is 1. The lowest BCUT2D eigenvalue weighted by Gasteiger charge is -2.14. The lowest BCUT2D eigenvalue weighted by atomic mass is 10.2. The summed E-state index contributed by atoms with van der Waals surface area (Å²) in [5.41, 5.74) is 0.340. The van der Waals surface area contributed by atoms with E-state index >= 15 is 0 Å². The predicted molar refractivity (Wildman–Crippen MR) is 76.5 cm³/mol. The number of benzene rings is 1. The van der Waals surface area contributed by atoms with Gasteiger partial charge in [0, 0.05) is 19.4 Å². The maximum absolute atomic E-state index is 13.8. The average molecular weight is 300 g/mol. The zero-order chi connectivity index (χ0) is 15.7. The second-order valence-corrected chi connectivity index (χ2v) is 4.88. The summed E-state index contributed by atoms with van der Waals surface area (Å²) in [6.07, 6.45) is 0. The van der Waals surface area contributed by atoms with Gasteiger partial charge in [-0.25, -0.2) is 9.37 Å². The first-order valence-corrected chi connectivity index (χ1v) is 6.64. The Morgan fingerprint density at radius 1 is 1.27 bits per heavy atom. The molecule has 0 N–H and O–H groups in total. The van der Waals surface area contributed by atoms with Gasteiger partial charge < -0.3 is 9.32 Å². The Labute approximate surface area is 125 Å². The van der Waals surface area contributed by atoms with Crippen LogP contribution in [0.25, 0.3) is 10.9 Å². The standard InChI is InChI=1S/C15H13FN4O2/c1-9-18-19-13(22-9)8-20(2)15(21)12-7-6-10-4-3-5-11(16)14(10)17-12/h3-7H,8H2,1-2H3. The molecule has 3 aromatic rings. The number of carbonyl (C=O) groups excluding carboxylic acids is 1. The normalized spacial score (nSPS) is 10.9. The van der Waals surface area contributed by atoms with Crippen LogP contribution in [-0.2, 0) is 6.54 Å². The summed E-state index contributed by atoms with van der Waals surface area (Å²) in [5, 5.41) is 8.18. The summed E-state index contributed by atoms with van der Waals surface area (Å²) >= 11 is 0. The first-order valence-electron chi connectivity index (χ1n) is 6.64. The molecule has 0 spiro atoms. The molecule has 2 heterocycles. The van der Waals surface area contributed by atoms with Gasteiger partial charge in [0.1, 0.15) is 17.0 Å². The van der Waals surface area contributed by atoms with Crippen LogP contribution in [0.2, 0.25) is 0 Å². The van der Waals surface area contributed by atoms with E-state index in [-0.39, 0.29) is 23.7 Å². The van der Waals surface area contributed by atoms with Crippen molar-refractivity contribution >= 4 is 16.8 Å². The van der Waals surface area contributed by atoms with Gasteiger partial charge in [-0.3, -0.25) is 4.79 Å². The zero-order valence-corrected chi connectivity index (χ0v) is 12.1. The maximum atomic E-state index is 13.8. The fourth-order valence-electron chi connectivity index (χ4n) is 2.10. The molecule has 0 aliphatic carbocycles. The molecular formula is C15H13FN4O2. The number of nitrogens with zero attached hydrogens (tertiary/aromatic N) is 4. The van der Waals surface area contributed by atoms with Crippen LogP contribution in [0.3, 0.4) is 0 Å². The van der Waals surface area contributed by atoms with Crippen molar-refractivity contribution in [1.29, 1.82) is 0 Å². The Balaban J connectivity index is 1.86. The number of carbonyl (C=O) groups is 1. The van der Waals surface area contributed by atoms with Crippen LogP contribution in [0.1, 0.15) is 22.3 Å². The summed E-state index contributed by atoms with van der Waals surface area (Å²) in [6.45, 7) is 1.84. The van der Waals surface area contributed by atoms with Crippen molar-refractivity contribution in [2.75, 3.05) is 7.05 Å². The average Bonchev–Trinajstić information content (AvgIpc) is 2.91. The highest BCUT2D eigenvalue weighted by atomic mass is 19.1. The predicted octanol–water partition coefficient (Wildman–Crippen LogP) is 2.34. The molecular weight excluding hydrogens is 287 g/mol. The molecule has 0 saturated carbocycles. The van der Waals surface area contributed by atoms with E-state index in [4.69, 9.17) is 4.42 Å². The van der Waals surface area contributed by atoms with Crippen molar-refractivity contribution in [2.24, 2.45) is 0 Å². The molecule has 0 saturated heterocycles. The SMILES string of the molecule is Cc1nnc(CN(C)C(=O)c2ccc3cccc(F)c3n2)o1. The largest absolute Gasteiger partial charge is 0.424 e. The van der Waals surface area contributed by atoms with Crippen LogP contribution >= 0.6 is 0 Å². The maximum Gasteiger partial charge on any atom is 0.272 e. The Kier molecular flexibility index (Phi) is 3.54. The summed E-state index contributed by atoms with van der Waals surface area (Å²) in [7, 11) is 1.59. The lowest BCUT2D eigenvalue weighted by molar-refractivity contribution is 0.0767. The first-order chi connectivity index (χ1) is 10.5. The van der Waals surface area contributed by atoms with E-state index in [1.54, 1.807) is 38.2 Å². The van der Waals surface area contributed by atoms with Crippen molar-refractivity contribution in [1.82, 2.24) is 20.1 Å². The topological polar surface area (TPSA) is 72.1 Å². The van der Waals surface area contributed by atoms with Gasteiger partial charge in [-0.15, -0.1) is 10.2 Å². The van der Waals surface area contributed by atoms with E-state index in [0.29, 0.717) is 17.2 Å². The van der Waals surface area contributed by atoms with Gasteiger partial charge >= 0.3 is 0 Å². The van der Waals surface area contributed by atoms with Crippen LogP contribution in [0.15, 0.2) is 34.7 Å². The highest BCUT2D eigenvalue weighted by molar-refractivity contribution is 5.94. The van der Waals surface area contributed by atoms with Crippen molar-refractivity contribution in [3.63, 3.8) is 0 Å². The third-order valence-corrected chi connectivity index (χ3v) is 3.18. The van der Waals surface area contributed by atoms with E-state index in [0.717, 1.165) is 0 Å². The minimum absolute atomic E-state index is 0.163. The molecule has 0 atom stereocenters. The minimum atomic E-state index is -0.456. The fraction of sp³-hybridized carbons (Fsp3) is 0.200. The summed E-state index contributed by atoms with van der Waals surface area (Å²) in [4.78, 5) is 17.9. The summed E-state index contributed by atoms with van der Waals surface area (Å²) in [5.74, 6) is -0.0367. The van der Waals surface area contributed by atoms with Gasteiger partial charge in [-0.05, 0) is 12.1 Å². The third kappa shape index (κ3) is 2.65. The molecule has 0 unspecified atom stereocenters. The van der Waals surface area contributed by atoms with Crippen LogP contribution in [0.4, 0.5) is 4.39 Å². The lowest BCUT2D eigenvalue weighted by Crippen LogP contribution is -2.27. The molecule has 2 aromatic heterocycles. The summed E-state index contributed by atoms with van der Waals surface area (Å²) < 4.78 is 19.0. The van der Waals surface area contributed by atoms with Crippen LogP contribution in [0.5, 0.6) is 0 Å². The van der Waals surface area contributed by atoms with E-state index in [1.165, 1.54) is 11.0 Å². The van der Waals surface area contributed by atoms with Gasteiger partial charge in [0.15, 0.2) is 0 Å². The van der Waals surface area contributed by atoms with E-state index in [1.807, 2.05) is 0 Å². The van der Waals surface area contributed by atoms with Crippen LogP contribution < -0.4 is 0 Å².